The van der Waals surface area contributed by atoms with E-state index in [1.807, 2.05) is 36.4 Å². The SMILES string of the molecule is O=C(NCCc1ccc(Cl)cc1Cl)c1ccc(-c2ccnc(NCc3ccccn3)n2)s1. The number of carbonyl (C=O) groups excluding carboxylic acids is 1. The second-order valence-electron chi connectivity index (χ2n) is 6.85. The maximum absolute atomic E-state index is 12.5. The minimum atomic E-state index is -0.131. The van der Waals surface area contributed by atoms with Crippen molar-refractivity contribution in [1.29, 1.82) is 0 Å². The number of anilines is 1. The maximum atomic E-state index is 12.5. The number of benzene rings is 1. The first-order chi connectivity index (χ1) is 15.6. The summed E-state index contributed by atoms with van der Waals surface area (Å²) in [4.78, 5) is 27.1. The summed E-state index contributed by atoms with van der Waals surface area (Å²) >= 11 is 13.5. The number of halogens is 2. The highest BCUT2D eigenvalue weighted by Gasteiger charge is 2.12. The van der Waals surface area contributed by atoms with Gasteiger partial charge in [0.1, 0.15) is 0 Å². The van der Waals surface area contributed by atoms with Crippen LogP contribution in [-0.2, 0) is 13.0 Å². The number of pyridine rings is 1. The summed E-state index contributed by atoms with van der Waals surface area (Å²) in [5.74, 6) is 0.376. The summed E-state index contributed by atoms with van der Waals surface area (Å²) in [5.41, 5.74) is 2.59. The van der Waals surface area contributed by atoms with Crippen molar-refractivity contribution in [3.05, 3.63) is 93.2 Å². The largest absolute Gasteiger partial charge is 0.351 e. The zero-order valence-electron chi connectivity index (χ0n) is 16.9. The molecule has 3 aromatic heterocycles. The average Bonchev–Trinajstić information content (AvgIpc) is 3.31. The van der Waals surface area contributed by atoms with Crippen LogP contribution >= 0.6 is 34.5 Å². The van der Waals surface area contributed by atoms with Gasteiger partial charge in [-0.15, -0.1) is 11.3 Å². The highest BCUT2D eigenvalue weighted by atomic mass is 35.5. The number of thiophene rings is 1. The third kappa shape index (κ3) is 5.82. The Morgan fingerprint density at radius 3 is 2.72 bits per heavy atom. The van der Waals surface area contributed by atoms with E-state index < -0.39 is 0 Å². The molecule has 2 N–H and O–H groups in total. The fraction of sp³-hybridized carbons (Fsp3) is 0.130. The van der Waals surface area contributed by atoms with Crippen LogP contribution in [-0.4, -0.2) is 27.4 Å². The first-order valence-corrected chi connectivity index (χ1v) is 11.4. The molecule has 0 aliphatic rings. The normalized spacial score (nSPS) is 10.7. The Morgan fingerprint density at radius 1 is 1.00 bits per heavy atom. The zero-order valence-corrected chi connectivity index (χ0v) is 19.2. The molecule has 4 rings (SSSR count). The number of amides is 1. The molecule has 9 heteroatoms. The van der Waals surface area contributed by atoms with Crippen molar-refractivity contribution in [3.8, 4) is 10.6 Å². The molecule has 0 fully saturated rings. The molecule has 0 spiro atoms. The first-order valence-electron chi connectivity index (χ1n) is 9.87. The Morgan fingerprint density at radius 2 is 1.91 bits per heavy atom. The van der Waals surface area contributed by atoms with Crippen LogP contribution in [0.3, 0.4) is 0 Å². The summed E-state index contributed by atoms with van der Waals surface area (Å²) in [6.07, 6.45) is 4.06. The third-order valence-electron chi connectivity index (χ3n) is 4.59. The molecule has 0 unspecified atom stereocenters. The summed E-state index contributed by atoms with van der Waals surface area (Å²) in [6, 6.07) is 16.6. The second kappa shape index (κ2) is 10.5. The Bertz CT molecular complexity index is 1220. The Labute approximate surface area is 199 Å². The van der Waals surface area contributed by atoms with Gasteiger partial charge in [0.15, 0.2) is 0 Å². The van der Waals surface area contributed by atoms with E-state index in [0.29, 0.717) is 40.4 Å². The molecule has 0 atom stereocenters. The minimum absolute atomic E-state index is 0.131. The third-order valence-corrected chi connectivity index (χ3v) is 6.28. The van der Waals surface area contributed by atoms with Gasteiger partial charge < -0.3 is 10.6 Å². The van der Waals surface area contributed by atoms with Gasteiger partial charge in [-0.3, -0.25) is 9.78 Å². The van der Waals surface area contributed by atoms with E-state index in [4.69, 9.17) is 23.2 Å². The lowest BCUT2D eigenvalue weighted by atomic mass is 10.1. The van der Waals surface area contributed by atoms with Crippen LogP contribution in [0.2, 0.25) is 10.0 Å². The molecular formula is C23H19Cl2N5OS. The topological polar surface area (TPSA) is 79.8 Å². The lowest BCUT2D eigenvalue weighted by Gasteiger charge is -2.06. The smallest absolute Gasteiger partial charge is 0.261 e. The fourth-order valence-corrected chi connectivity index (χ4v) is 4.37. The van der Waals surface area contributed by atoms with Gasteiger partial charge in [-0.25, -0.2) is 9.97 Å². The lowest BCUT2D eigenvalue weighted by molar-refractivity contribution is 0.0958. The minimum Gasteiger partial charge on any atom is -0.351 e. The molecular weight excluding hydrogens is 465 g/mol. The predicted molar refractivity (Wildman–Crippen MR) is 129 cm³/mol. The van der Waals surface area contributed by atoms with Gasteiger partial charge in [0.05, 0.1) is 27.7 Å². The molecule has 0 bridgehead atoms. The van der Waals surface area contributed by atoms with Crippen molar-refractivity contribution in [2.45, 2.75) is 13.0 Å². The van der Waals surface area contributed by atoms with Crippen LogP contribution in [0, 0.1) is 0 Å². The van der Waals surface area contributed by atoms with Crippen LogP contribution < -0.4 is 10.6 Å². The van der Waals surface area contributed by atoms with Crippen molar-refractivity contribution in [3.63, 3.8) is 0 Å². The van der Waals surface area contributed by atoms with Gasteiger partial charge in [0, 0.05) is 29.0 Å². The number of hydrogen-bond acceptors (Lipinski definition) is 6. The Kier molecular flexibility index (Phi) is 7.32. The quantitative estimate of drug-likeness (QED) is 0.346. The number of aromatic nitrogens is 3. The highest BCUT2D eigenvalue weighted by molar-refractivity contribution is 7.17. The van der Waals surface area contributed by atoms with Gasteiger partial charge in [-0.1, -0.05) is 35.3 Å². The summed E-state index contributed by atoms with van der Waals surface area (Å²) in [6.45, 7) is 1.00. The highest BCUT2D eigenvalue weighted by Crippen LogP contribution is 2.27. The molecule has 0 aliphatic carbocycles. The molecule has 0 aliphatic heterocycles. The zero-order chi connectivity index (χ0) is 22.3. The standard InChI is InChI=1S/C23H19Cl2N5OS/c24-16-5-4-15(18(25)13-16)8-11-27-22(31)21-7-6-20(32-21)19-9-12-28-23(30-19)29-14-17-3-1-2-10-26-17/h1-7,9-10,12-13H,8,11,14H2,(H,27,31)(H,28,29,30). The van der Waals surface area contributed by atoms with Crippen molar-refractivity contribution in [2.75, 3.05) is 11.9 Å². The van der Waals surface area contributed by atoms with Crippen LogP contribution in [0.1, 0.15) is 20.9 Å². The summed E-state index contributed by atoms with van der Waals surface area (Å²) in [7, 11) is 0. The average molecular weight is 484 g/mol. The molecule has 6 nitrogen and oxygen atoms in total. The molecule has 4 aromatic rings. The Hall–Kier alpha value is -3.00. The predicted octanol–water partition coefficient (Wildman–Crippen LogP) is 5.49. The van der Waals surface area contributed by atoms with E-state index in [1.54, 1.807) is 30.6 Å². The van der Waals surface area contributed by atoms with Crippen LogP contribution in [0.15, 0.2) is 67.0 Å². The van der Waals surface area contributed by atoms with E-state index in [1.165, 1.54) is 11.3 Å². The molecule has 0 saturated carbocycles. The van der Waals surface area contributed by atoms with E-state index in [2.05, 4.69) is 25.6 Å². The molecule has 162 valence electrons. The first kappa shape index (κ1) is 22.2. The van der Waals surface area contributed by atoms with Crippen molar-refractivity contribution in [2.24, 2.45) is 0 Å². The van der Waals surface area contributed by atoms with Crippen molar-refractivity contribution in [1.82, 2.24) is 20.3 Å². The molecule has 0 radical (unpaired) electrons. The van der Waals surface area contributed by atoms with Crippen molar-refractivity contribution < 1.29 is 4.79 Å². The van der Waals surface area contributed by atoms with E-state index in [-0.39, 0.29) is 5.91 Å². The van der Waals surface area contributed by atoms with E-state index in [0.717, 1.165) is 21.8 Å². The Balaban J connectivity index is 1.35. The number of nitrogens with zero attached hydrogens (tertiary/aromatic N) is 3. The summed E-state index contributed by atoms with van der Waals surface area (Å²) in [5, 5.41) is 7.30. The van der Waals surface area contributed by atoms with E-state index >= 15 is 0 Å². The van der Waals surface area contributed by atoms with Crippen LogP contribution in [0.5, 0.6) is 0 Å². The molecule has 32 heavy (non-hydrogen) atoms. The number of rotatable bonds is 8. The van der Waals surface area contributed by atoms with E-state index in [9.17, 15) is 4.79 Å². The van der Waals surface area contributed by atoms with Gasteiger partial charge in [0.2, 0.25) is 5.95 Å². The number of nitrogens with one attached hydrogen (secondary N) is 2. The molecule has 1 aromatic carbocycles. The number of hydrogen-bond donors (Lipinski definition) is 2. The lowest BCUT2D eigenvalue weighted by Crippen LogP contribution is -2.24. The van der Waals surface area contributed by atoms with Gasteiger partial charge >= 0.3 is 0 Å². The molecule has 0 saturated heterocycles. The monoisotopic (exact) mass is 483 g/mol. The van der Waals surface area contributed by atoms with Crippen LogP contribution in [0.25, 0.3) is 10.6 Å². The van der Waals surface area contributed by atoms with Gasteiger partial charge in [-0.2, -0.15) is 0 Å². The maximum Gasteiger partial charge on any atom is 0.261 e. The molecule has 3 heterocycles. The fourth-order valence-electron chi connectivity index (χ4n) is 2.97. The van der Waals surface area contributed by atoms with Gasteiger partial charge in [0.25, 0.3) is 5.91 Å². The molecule has 1 amide bonds. The van der Waals surface area contributed by atoms with Crippen LogP contribution in [0.4, 0.5) is 5.95 Å². The number of carbonyl (C=O) groups is 1. The van der Waals surface area contributed by atoms with Gasteiger partial charge in [-0.05, 0) is 54.4 Å². The van der Waals surface area contributed by atoms with Crippen molar-refractivity contribution >= 4 is 46.4 Å². The second-order valence-corrected chi connectivity index (χ2v) is 8.77. The summed E-state index contributed by atoms with van der Waals surface area (Å²) < 4.78 is 0.